The van der Waals surface area contributed by atoms with Gasteiger partial charge in [0.15, 0.2) is 0 Å². The van der Waals surface area contributed by atoms with Crippen molar-refractivity contribution < 1.29 is 4.79 Å². The van der Waals surface area contributed by atoms with Crippen LogP contribution in [0.2, 0.25) is 5.02 Å². The molecule has 1 atom stereocenters. The molecular formula is C13H13ClN2O. The van der Waals surface area contributed by atoms with Crippen molar-refractivity contribution in [2.75, 3.05) is 0 Å². The lowest BCUT2D eigenvalue weighted by Gasteiger charge is -2.11. The summed E-state index contributed by atoms with van der Waals surface area (Å²) in [7, 11) is 0. The zero-order chi connectivity index (χ0) is 12.3. The molecule has 0 spiro atoms. The molecule has 0 aliphatic carbocycles. The molecule has 1 aromatic carbocycles. The number of rotatable bonds is 4. The van der Waals surface area contributed by atoms with Gasteiger partial charge in [-0.3, -0.25) is 0 Å². The molecule has 0 aliphatic rings. The van der Waals surface area contributed by atoms with Crippen LogP contribution in [0.4, 0.5) is 0 Å². The van der Waals surface area contributed by atoms with Gasteiger partial charge in [-0.05, 0) is 23.6 Å². The topological polar surface area (TPSA) is 34.9 Å². The lowest BCUT2D eigenvalue weighted by Crippen LogP contribution is -1.97. The van der Waals surface area contributed by atoms with Crippen molar-refractivity contribution in [3.05, 3.63) is 47.5 Å². The van der Waals surface area contributed by atoms with Gasteiger partial charge in [-0.1, -0.05) is 24.6 Å². The largest absolute Gasteiger partial charge is 0.305 e. The number of imidazole rings is 1. The monoisotopic (exact) mass is 248 g/mol. The highest BCUT2D eigenvalue weighted by molar-refractivity contribution is 6.32. The smallest absolute Gasteiger partial charge is 0.120 e. The minimum atomic E-state index is 0.196. The molecule has 0 saturated carbocycles. The van der Waals surface area contributed by atoms with Crippen LogP contribution in [0, 0.1) is 0 Å². The Bertz CT molecular complexity index is 508. The van der Waals surface area contributed by atoms with E-state index in [1.807, 2.05) is 35.9 Å². The Labute approximate surface area is 105 Å². The van der Waals surface area contributed by atoms with Crippen LogP contribution in [0.1, 0.15) is 24.8 Å². The van der Waals surface area contributed by atoms with E-state index in [9.17, 15) is 4.79 Å². The predicted molar refractivity (Wildman–Crippen MR) is 67.7 cm³/mol. The zero-order valence-corrected chi connectivity index (χ0v) is 10.3. The number of nitrogens with zero attached hydrogens (tertiary/aromatic N) is 2. The quantitative estimate of drug-likeness (QED) is 0.779. The highest BCUT2D eigenvalue weighted by Crippen LogP contribution is 2.26. The van der Waals surface area contributed by atoms with E-state index in [1.54, 1.807) is 12.5 Å². The normalized spacial score (nSPS) is 12.4. The second-order valence-corrected chi connectivity index (χ2v) is 4.39. The molecule has 3 nitrogen and oxygen atoms in total. The van der Waals surface area contributed by atoms with Crippen LogP contribution in [0.5, 0.6) is 0 Å². The third-order valence-corrected chi connectivity index (χ3v) is 3.08. The maximum atomic E-state index is 10.5. The van der Waals surface area contributed by atoms with Crippen LogP contribution in [0.25, 0.3) is 5.69 Å². The third-order valence-electron chi connectivity index (χ3n) is 2.77. The van der Waals surface area contributed by atoms with Gasteiger partial charge >= 0.3 is 0 Å². The Balaban J connectivity index is 2.32. The second-order valence-electron chi connectivity index (χ2n) is 3.98. The van der Waals surface area contributed by atoms with Gasteiger partial charge in [0, 0.05) is 18.8 Å². The summed E-state index contributed by atoms with van der Waals surface area (Å²) in [5, 5.41) is 0.665. The number of carbonyl (C=O) groups is 1. The van der Waals surface area contributed by atoms with Crippen molar-refractivity contribution in [2.45, 2.75) is 19.3 Å². The van der Waals surface area contributed by atoms with Crippen molar-refractivity contribution in [3.63, 3.8) is 0 Å². The van der Waals surface area contributed by atoms with E-state index < -0.39 is 0 Å². The first-order chi connectivity index (χ1) is 8.22. The van der Waals surface area contributed by atoms with E-state index in [0.29, 0.717) is 11.4 Å². The van der Waals surface area contributed by atoms with Gasteiger partial charge in [0.2, 0.25) is 0 Å². The fourth-order valence-electron chi connectivity index (χ4n) is 1.72. The number of benzene rings is 1. The summed E-state index contributed by atoms with van der Waals surface area (Å²) >= 11 is 6.23. The van der Waals surface area contributed by atoms with E-state index in [0.717, 1.165) is 17.5 Å². The summed E-state index contributed by atoms with van der Waals surface area (Å²) < 4.78 is 1.86. The van der Waals surface area contributed by atoms with Gasteiger partial charge in [0.05, 0.1) is 17.0 Å². The zero-order valence-electron chi connectivity index (χ0n) is 9.51. The fraction of sp³-hybridized carbons (Fsp3) is 0.231. The average Bonchev–Trinajstić information content (AvgIpc) is 2.82. The van der Waals surface area contributed by atoms with Crippen LogP contribution in [0.3, 0.4) is 0 Å². The summed E-state index contributed by atoms with van der Waals surface area (Å²) in [6, 6.07) is 5.85. The SMILES string of the molecule is CC(CC=O)c1ccc(-n2ccnc2)c(Cl)c1. The van der Waals surface area contributed by atoms with Crippen molar-refractivity contribution in [2.24, 2.45) is 0 Å². The highest BCUT2D eigenvalue weighted by Gasteiger charge is 2.08. The summed E-state index contributed by atoms with van der Waals surface area (Å²) in [5.41, 5.74) is 1.97. The molecule has 17 heavy (non-hydrogen) atoms. The Hall–Kier alpha value is -1.61. The summed E-state index contributed by atoms with van der Waals surface area (Å²) in [6.07, 6.45) is 6.70. The second kappa shape index (κ2) is 5.15. The van der Waals surface area contributed by atoms with Gasteiger partial charge in [-0.2, -0.15) is 0 Å². The van der Waals surface area contributed by atoms with E-state index >= 15 is 0 Å². The van der Waals surface area contributed by atoms with Crippen molar-refractivity contribution in [3.8, 4) is 5.69 Å². The number of aromatic nitrogens is 2. The van der Waals surface area contributed by atoms with Crippen molar-refractivity contribution in [1.29, 1.82) is 0 Å². The van der Waals surface area contributed by atoms with Gasteiger partial charge < -0.3 is 9.36 Å². The molecule has 0 saturated heterocycles. The number of halogens is 1. The molecule has 0 amide bonds. The maximum absolute atomic E-state index is 10.5. The lowest BCUT2D eigenvalue weighted by molar-refractivity contribution is -0.108. The van der Waals surface area contributed by atoms with Gasteiger partial charge in [-0.15, -0.1) is 0 Å². The third kappa shape index (κ3) is 2.56. The first kappa shape index (κ1) is 11.9. The molecule has 2 aromatic rings. The van der Waals surface area contributed by atoms with Crippen LogP contribution < -0.4 is 0 Å². The fourth-order valence-corrected chi connectivity index (χ4v) is 2.01. The minimum Gasteiger partial charge on any atom is -0.305 e. The molecule has 88 valence electrons. The predicted octanol–water partition coefficient (Wildman–Crippen LogP) is 3.22. The highest BCUT2D eigenvalue weighted by atomic mass is 35.5. The standard InChI is InChI=1S/C13H13ClN2O/c1-10(4-7-17)11-2-3-13(12(14)8-11)16-6-5-15-9-16/h2-3,5-10H,4H2,1H3. The molecule has 0 bridgehead atoms. The van der Waals surface area contributed by atoms with Crippen LogP contribution >= 0.6 is 11.6 Å². The Morgan fingerprint density at radius 3 is 2.94 bits per heavy atom. The molecule has 1 aromatic heterocycles. The number of aldehydes is 1. The molecule has 0 aliphatic heterocycles. The Morgan fingerprint density at radius 1 is 1.53 bits per heavy atom. The molecule has 1 unspecified atom stereocenters. The lowest BCUT2D eigenvalue weighted by atomic mass is 9.98. The van der Waals surface area contributed by atoms with Crippen LogP contribution in [0.15, 0.2) is 36.9 Å². The number of hydrogen-bond donors (Lipinski definition) is 0. The van der Waals surface area contributed by atoms with E-state index in [-0.39, 0.29) is 5.92 Å². The molecule has 0 N–H and O–H groups in total. The first-order valence-electron chi connectivity index (χ1n) is 5.43. The van der Waals surface area contributed by atoms with Gasteiger partial charge in [-0.25, -0.2) is 4.98 Å². The Kier molecular flexibility index (Phi) is 3.59. The maximum Gasteiger partial charge on any atom is 0.120 e. The molecule has 0 radical (unpaired) electrons. The molecule has 4 heteroatoms. The average molecular weight is 249 g/mol. The molecule has 0 fully saturated rings. The minimum absolute atomic E-state index is 0.196. The van der Waals surface area contributed by atoms with E-state index in [2.05, 4.69) is 4.98 Å². The van der Waals surface area contributed by atoms with Gasteiger partial charge in [0.1, 0.15) is 6.29 Å². The number of carbonyl (C=O) groups excluding carboxylic acids is 1. The molecule has 1 heterocycles. The van der Waals surface area contributed by atoms with Crippen LogP contribution in [-0.2, 0) is 4.79 Å². The Morgan fingerprint density at radius 2 is 2.35 bits per heavy atom. The van der Waals surface area contributed by atoms with E-state index in [1.165, 1.54) is 0 Å². The summed E-state index contributed by atoms with van der Waals surface area (Å²) in [4.78, 5) is 14.5. The number of hydrogen-bond acceptors (Lipinski definition) is 2. The first-order valence-corrected chi connectivity index (χ1v) is 5.81. The molecule has 2 rings (SSSR count). The van der Waals surface area contributed by atoms with Crippen LogP contribution in [-0.4, -0.2) is 15.8 Å². The summed E-state index contributed by atoms with van der Waals surface area (Å²) in [6.45, 7) is 2.01. The molecular weight excluding hydrogens is 236 g/mol. The van der Waals surface area contributed by atoms with E-state index in [4.69, 9.17) is 11.6 Å². The van der Waals surface area contributed by atoms with Gasteiger partial charge in [0.25, 0.3) is 0 Å². The van der Waals surface area contributed by atoms with Crippen molar-refractivity contribution in [1.82, 2.24) is 9.55 Å². The summed E-state index contributed by atoms with van der Waals surface area (Å²) in [5.74, 6) is 0.196. The van der Waals surface area contributed by atoms with Crippen molar-refractivity contribution >= 4 is 17.9 Å².